The molecule has 1 fully saturated rings. The number of carbonyl (C=O) groups excluding carboxylic acids is 1. The zero-order valence-corrected chi connectivity index (χ0v) is 23.4. The Hall–Kier alpha value is -3.75. The molecule has 0 spiro atoms. The Bertz CT molecular complexity index is 1230. The van der Waals surface area contributed by atoms with E-state index in [9.17, 15) is 4.79 Å². The molecule has 1 amide bonds. The molecule has 0 radical (unpaired) electrons. The van der Waals surface area contributed by atoms with Crippen LogP contribution in [0.4, 0.5) is 0 Å². The molecule has 5 rings (SSSR count). The molecule has 2 heterocycles. The molecule has 0 atom stereocenters. The first-order chi connectivity index (χ1) is 19.7. The lowest BCUT2D eigenvalue weighted by Crippen LogP contribution is -2.42. The summed E-state index contributed by atoms with van der Waals surface area (Å²) in [5.74, 6) is 1.44. The van der Waals surface area contributed by atoms with Gasteiger partial charge in [0.2, 0.25) is 0 Å². The fourth-order valence-electron chi connectivity index (χ4n) is 5.68. The van der Waals surface area contributed by atoms with Gasteiger partial charge in [-0.3, -0.25) is 9.69 Å². The molecule has 8 heteroatoms. The Balaban J connectivity index is 1.11. The molecule has 1 aliphatic rings. The second kappa shape index (κ2) is 14.1. The third-order valence-corrected chi connectivity index (χ3v) is 7.83. The average molecular weight is 540 g/mol. The van der Waals surface area contributed by atoms with Crippen molar-refractivity contribution in [2.24, 2.45) is 0 Å². The Morgan fingerprint density at radius 1 is 0.850 bits per heavy atom. The molecule has 3 N–H and O–H groups in total. The number of benzene rings is 2. The van der Waals surface area contributed by atoms with Gasteiger partial charge in [-0.2, -0.15) is 0 Å². The minimum absolute atomic E-state index is 0.0437. The number of rotatable bonds is 13. The molecule has 40 heavy (non-hydrogen) atoms. The molecule has 0 aliphatic heterocycles. The van der Waals surface area contributed by atoms with Gasteiger partial charge in [0.05, 0.1) is 13.1 Å². The van der Waals surface area contributed by atoms with E-state index in [4.69, 9.17) is 0 Å². The molecule has 0 saturated heterocycles. The predicted octanol–water partition coefficient (Wildman–Crippen LogP) is 5.29. The van der Waals surface area contributed by atoms with E-state index in [0.29, 0.717) is 30.7 Å². The Morgan fingerprint density at radius 2 is 1.50 bits per heavy atom. The summed E-state index contributed by atoms with van der Waals surface area (Å²) in [5, 5.41) is 3.77. The van der Waals surface area contributed by atoms with Crippen molar-refractivity contribution in [1.82, 2.24) is 35.1 Å². The number of hydrogen-bond acceptors (Lipinski definition) is 5. The highest BCUT2D eigenvalue weighted by atomic mass is 16.2. The lowest BCUT2D eigenvalue weighted by molar-refractivity contribution is 0.0721. The van der Waals surface area contributed by atoms with Gasteiger partial charge in [-0.05, 0) is 61.9 Å². The fraction of sp³-hybridized carbons (Fsp3) is 0.406. The normalized spacial score (nSPS) is 17.2. The zero-order valence-electron chi connectivity index (χ0n) is 23.4. The molecule has 1 aliphatic carbocycles. The van der Waals surface area contributed by atoms with E-state index >= 15 is 0 Å². The number of nitrogens with one attached hydrogen (secondary N) is 3. The van der Waals surface area contributed by atoms with Gasteiger partial charge in [-0.25, -0.2) is 9.97 Å². The Morgan fingerprint density at radius 3 is 2.08 bits per heavy atom. The number of H-pyrrole nitrogens is 2. The maximum Gasteiger partial charge on any atom is 0.254 e. The fourth-order valence-corrected chi connectivity index (χ4v) is 5.68. The molecule has 2 aromatic carbocycles. The van der Waals surface area contributed by atoms with Crippen LogP contribution >= 0.6 is 0 Å². The summed E-state index contributed by atoms with van der Waals surface area (Å²) in [7, 11) is 0. The quantitative estimate of drug-likeness (QED) is 0.215. The molecular formula is C32H41N7O. The van der Waals surface area contributed by atoms with E-state index in [0.717, 1.165) is 31.3 Å². The van der Waals surface area contributed by atoms with Crippen LogP contribution in [0.1, 0.15) is 72.2 Å². The topological polar surface area (TPSA) is 92.9 Å². The summed E-state index contributed by atoms with van der Waals surface area (Å²) >= 11 is 0. The van der Waals surface area contributed by atoms with Crippen LogP contribution < -0.4 is 5.32 Å². The summed E-state index contributed by atoms with van der Waals surface area (Å²) in [6, 6.07) is 20.0. The number of aromatic amines is 2. The molecule has 8 nitrogen and oxygen atoms in total. The van der Waals surface area contributed by atoms with Crippen LogP contribution in [0.2, 0.25) is 0 Å². The van der Waals surface area contributed by atoms with Crippen LogP contribution in [0.5, 0.6) is 0 Å². The van der Waals surface area contributed by atoms with Crippen LogP contribution in [0, 0.1) is 0 Å². The Labute approximate surface area is 237 Å². The number of amides is 1. The van der Waals surface area contributed by atoms with Gasteiger partial charge in [0.25, 0.3) is 5.91 Å². The first kappa shape index (κ1) is 27.8. The monoisotopic (exact) mass is 539 g/mol. The molecule has 0 bridgehead atoms. The standard InChI is InChI=1S/C32H41N7O/c1-2-20-38(22-26-6-4-3-5-7-26)29-14-12-28(13-15-29)37-21-25-8-10-27(11-9-25)32(40)39(23-30-33-16-17-34-30)24-31-35-18-19-36-31/h3-11,16-19,28-29,37H,2,12-15,20-24H2,1H3,(H,33,34)(H,35,36). The molecular weight excluding hydrogens is 498 g/mol. The van der Waals surface area contributed by atoms with Crippen LogP contribution in [-0.4, -0.2) is 54.3 Å². The smallest absolute Gasteiger partial charge is 0.254 e. The van der Waals surface area contributed by atoms with Gasteiger partial charge in [-0.15, -0.1) is 0 Å². The number of hydrogen-bond donors (Lipinski definition) is 3. The molecule has 1 saturated carbocycles. The van der Waals surface area contributed by atoms with E-state index in [1.807, 2.05) is 12.1 Å². The molecule has 2 aromatic heterocycles. The highest BCUT2D eigenvalue weighted by molar-refractivity contribution is 5.94. The average Bonchev–Trinajstić information content (AvgIpc) is 3.71. The number of aromatic nitrogens is 4. The first-order valence-corrected chi connectivity index (χ1v) is 14.5. The van der Waals surface area contributed by atoms with Crippen molar-refractivity contribution in [2.45, 2.75) is 77.3 Å². The van der Waals surface area contributed by atoms with Crippen molar-refractivity contribution < 1.29 is 4.79 Å². The third kappa shape index (κ3) is 7.67. The van der Waals surface area contributed by atoms with Gasteiger partial charge < -0.3 is 20.2 Å². The number of carbonyl (C=O) groups is 1. The van der Waals surface area contributed by atoms with E-state index in [1.54, 1.807) is 29.7 Å². The minimum Gasteiger partial charge on any atom is -0.347 e. The van der Waals surface area contributed by atoms with Gasteiger partial charge in [0, 0.05) is 55.5 Å². The van der Waals surface area contributed by atoms with Gasteiger partial charge in [0.1, 0.15) is 11.6 Å². The van der Waals surface area contributed by atoms with E-state index in [-0.39, 0.29) is 5.91 Å². The van der Waals surface area contributed by atoms with E-state index < -0.39 is 0 Å². The SMILES string of the molecule is CCCN(Cc1ccccc1)C1CCC(NCc2ccc(C(=O)N(Cc3ncc[nH]3)Cc3ncc[nH]3)cc2)CC1. The summed E-state index contributed by atoms with van der Waals surface area (Å²) in [5.41, 5.74) is 3.26. The van der Waals surface area contributed by atoms with Crippen molar-refractivity contribution in [3.8, 4) is 0 Å². The van der Waals surface area contributed by atoms with Crippen LogP contribution in [-0.2, 0) is 26.2 Å². The van der Waals surface area contributed by atoms with Crippen LogP contribution in [0.3, 0.4) is 0 Å². The summed E-state index contributed by atoms with van der Waals surface area (Å²) in [6.45, 7) is 6.07. The predicted molar refractivity (Wildman–Crippen MR) is 157 cm³/mol. The molecule has 4 aromatic rings. The highest BCUT2D eigenvalue weighted by Crippen LogP contribution is 2.25. The van der Waals surface area contributed by atoms with Gasteiger partial charge >= 0.3 is 0 Å². The van der Waals surface area contributed by atoms with Gasteiger partial charge in [0.15, 0.2) is 0 Å². The minimum atomic E-state index is -0.0437. The maximum atomic E-state index is 13.4. The second-order valence-electron chi connectivity index (χ2n) is 10.8. The highest BCUT2D eigenvalue weighted by Gasteiger charge is 2.25. The number of imidazole rings is 2. The third-order valence-electron chi connectivity index (χ3n) is 7.83. The molecule has 210 valence electrons. The van der Waals surface area contributed by atoms with E-state index in [1.165, 1.54) is 43.2 Å². The first-order valence-electron chi connectivity index (χ1n) is 14.5. The zero-order chi connectivity index (χ0) is 27.6. The van der Waals surface area contributed by atoms with Crippen molar-refractivity contribution in [3.05, 3.63) is 108 Å². The summed E-state index contributed by atoms with van der Waals surface area (Å²) in [4.78, 5) is 32.6. The summed E-state index contributed by atoms with van der Waals surface area (Å²) < 4.78 is 0. The van der Waals surface area contributed by atoms with Gasteiger partial charge in [-0.1, -0.05) is 49.4 Å². The van der Waals surface area contributed by atoms with Crippen LogP contribution in [0.15, 0.2) is 79.4 Å². The van der Waals surface area contributed by atoms with Crippen molar-refractivity contribution in [2.75, 3.05) is 6.54 Å². The largest absolute Gasteiger partial charge is 0.347 e. The van der Waals surface area contributed by atoms with Crippen molar-refractivity contribution in [3.63, 3.8) is 0 Å². The van der Waals surface area contributed by atoms with Crippen molar-refractivity contribution >= 4 is 5.91 Å². The lowest BCUT2D eigenvalue weighted by Gasteiger charge is -2.37. The van der Waals surface area contributed by atoms with Crippen molar-refractivity contribution in [1.29, 1.82) is 0 Å². The number of nitrogens with zero attached hydrogens (tertiary/aromatic N) is 4. The lowest BCUT2D eigenvalue weighted by atomic mass is 9.89. The second-order valence-corrected chi connectivity index (χ2v) is 10.8. The summed E-state index contributed by atoms with van der Waals surface area (Å²) in [6.07, 6.45) is 13.0. The molecule has 0 unspecified atom stereocenters. The Kier molecular flexibility index (Phi) is 9.77. The van der Waals surface area contributed by atoms with Crippen LogP contribution in [0.25, 0.3) is 0 Å². The van der Waals surface area contributed by atoms with E-state index in [2.05, 4.69) is 79.5 Å². The maximum absolute atomic E-state index is 13.4.